The van der Waals surface area contributed by atoms with E-state index in [1.54, 1.807) is 12.4 Å². The van der Waals surface area contributed by atoms with Crippen LogP contribution in [0.1, 0.15) is 19.3 Å². The highest BCUT2D eigenvalue weighted by Gasteiger charge is 2.35. The Kier molecular flexibility index (Phi) is 4.66. The van der Waals surface area contributed by atoms with Gasteiger partial charge in [-0.1, -0.05) is 6.42 Å². The number of anilines is 1. The normalized spacial score (nSPS) is 17.0. The first-order chi connectivity index (χ1) is 8.78. The molecule has 5 nitrogen and oxygen atoms in total. The van der Waals surface area contributed by atoms with Crippen LogP contribution in [0.5, 0.6) is 5.88 Å². The molecule has 0 saturated heterocycles. The van der Waals surface area contributed by atoms with Gasteiger partial charge in [0.05, 0.1) is 19.0 Å². The number of ether oxygens (including phenoxy) is 1. The highest BCUT2D eigenvalue weighted by atomic mass is 32.2. The maximum Gasteiger partial charge on any atom is 0.234 e. The number of aliphatic hydroxyl groups excluding tert-OH is 1. The Morgan fingerprint density at radius 3 is 2.94 bits per heavy atom. The standard InChI is InChI=1S/C12H19N3O2S/c1-18-12(3-2-4-12)9-14-10-7-13-8-11(15-10)17-6-5-16/h7-8,16H,2-6,9H2,1H3,(H,14,15). The molecule has 1 saturated carbocycles. The minimum Gasteiger partial charge on any atom is -0.474 e. The predicted molar refractivity (Wildman–Crippen MR) is 73.2 cm³/mol. The third-order valence-electron chi connectivity index (χ3n) is 3.24. The van der Waals surface area contributed by atoms with E-state index < -0.39 is 0 Å². The fourth-order valence-electron chi connectivity index (χ4n) is 1.93. The molecule has 1 aliphatic carbocycles. The summed E-state index contributed by atoms with van der Waals surface area (Å²) in [5.41, 5.74) is 0. The Morgan fingerprint density at radius 2 is 2.33 bits per heavy atom. The molecule has 0 spiro atoms. The molecule has 1 heterocycles. The summed E-state index contributed by atoms with van der Waals surface area (Å²) >= 11 is 1.92. The van der Waals surface area contributed by atoms with Crippen LogP contribution in [-0.2, 0) is 0 Å². The average Bonchev–Trinajstić information content (AvgIpc) is 2.36. The second-order valence-corrected chi connectivity index (χ2v) is 5.68. The van der Waals surface area contributed by atoms with Gasteiger partial charge in [0.1, 0.15) is 12.4 Å². The molecule has 0 aliphatic heterocycles. The summed E-state index contributed by atoms with van der Waals surface area (Å²) < 4.78 is 5.59. The van der Waals surface area contributed by atoms with Gasteiger partial charge in [-0.3, -0.25) is 4.98 Å². The van der Waals surface area contributed by atoms with Crippen LogP contribution in [0.25, 0.3) is 0 Å². The molecule has 0 atom stereocenters. The highest BCUT2D eigenvalue weighted by molar-refractivity contribution is 8.00. The minimum atomic E-state index is -0.0189. The van der Waals surface area contributed by atoms with Crippen LogP contribution in [0.15, 0.2) is 12.4 Å². The first kappa shape index (κ1) is 13.4. The molecule has 100 valence electrons. The van der Waals surface area contributed by atoms with Gasteiger partial charge in [-0.25, -0.2) is 0 Å². The molecule has 2 rings (SSSR count). The molecule has 0 amide bonds. The summed E-state index contributed by atoms with van der Waals surface area (Å²) in [4.78, 5) is 8.36. The maximum absolute atomic E-state index is 8.69. The zero-order chi connectivity index (χ0) is 12.8. The van der Waals surface area contributed by atoms with E-state index in [1.807, 2.05) is 11.8 Å². The molecule has 0 bridgehead atoms. The number of hydrogen-bond acceptors (Lipinski definition) is 6. The Labute approximate surface area is 111 Å². The number of thioether (sulfide) groups is 1. The Balaban J connectivity index is 1.88. The topological polar surface area (TPSA) is 67.3 Å². The second kappa shape index (κ2) is 6.24. The molecule has 1 fully saturated rings. The molecule has 2 N–H and O–H groups in total. The van der Waals surface area contributed by atoms with Crippen molar-refractivity contribution in [2.45, 2.75) is 24.0 Å². The summed E-state index contributed by atoms with van der Waals surface area (Å²) in [6, 6.07) is 0. The quantitative estimate of drug-likeness (QED) is 0.783. The molecule has 1 aliphatic rings. The minimum absolute atomic E-state index is 0.0189. The van der Waals surface area contributed by atoms with Crippen molar-refractivity contribution in [1.82, 2.24) is 9.97 Å². The van der Waals surface area contributed by atoms with E-state index in [0.29, 0.717) is 10.6 Å². The van der Waals surface area contributed by atoms with Gasteiger partial charge in [0, 0.05) is 11.3 Å². The lowest BCUT2D eigenvalue weighted by atomic mass is 9.84. The van der Waals surface area contributed by atoms with Crippen LogP contribution in [0.3, 0.4) is 0 Å². The summed E-state index contributed by atoms with van der Waals surface area (Å²) in [7, 11) is 0. The fraction of sp³-hybridized carbons (Fsp3) is 0.667. The molecular weight excluding hydrogens is 250 g/mol. The summed E-state index contributed by atoms with van der Waals surface area (Å²) in [6.45, 7) is 1.13. The zero-order valence-electron chi connectivity index (χ0n) is 10.6. The van der Waals surface area contributed by atoms with Crippen LogP contribution in [0.4, 0.5) is 5.82 Å². The molecule has 18 heavy (non-hydrogen) atoms. The van der Waals surface area contributed by atoms with E-state index in [-0.39, 0.29) is 13.2 Å². The van der Waals surface area contributed by atoms with Crippen LogP contribution in [0.2, 0.25) is 0 Å². The van der Waals surface area contributed by atoms with Gasteiger partial charge in [0.15, 0.2) is 0 Å². The first-order valence-corrected chi connectivity index (χ1v) is 7.35. The van der Waals surface area contributed by atoms with Gasteiger partial charge >= 0.3 is 0 Å². The van der Waals surface area contributed by atoms with Crippen LogP contribution in [0, 0.1) is 0 Å². The second-order valence-electron chi connectivity index (χ2n) is 4.41. The Bertz CT molecular complexity index is 380. The fourth-order valence-corrected chi connectivity index (χ4v) is 2.84. The molecule has 1 aromatic rings. The smallest absolute Gasteiger partial charge is 0.234 e. The van der Waals surface area contributed by atoms with Crippen LogP contribution < -0.4 is 10.1 Å². The van der Waals surface area contributed by atoms with E-state index in [1.165, 1.54) is 19.3 Å². The summed E-state index contributed by atoms with van der Waals surface area (Å²) in [5.74, 6) is 1.17. The lowest BCUT2D eigenvalue weighted by Gasteiger charge is -2.40. The van der Waals surface area contributed by atoms with Gasteiger partial charge in [0.2, 0.25) is 5.88 Å². The molecule has 0 aromatic carbocycles. The van der Waals surface area contributed by atoms with Crippen LogP contribution >= 0.6 is 11.8 Å². The Hall–Kier alpha value is -1.01. The molecule has 0 unspecified atom stereocenters. The van der Waals surface area contributed by atoms with Crippen molar-refractivity contribution in [3.05, 3.63) is 12.4 Å². The monoisotopic (exact) mass is 269 g/mol. The lowest BCUT2D eigenvalue weighted by molar-refractivity contribution is 0.196. The van der Waals surface area contributed by atoms with E-state index in [9.17, 15) is 0 Å². The van der Waals surface area contributed by atoms with Crippen molar-refractivity contribution >= 4 is 17.6 Å². The largest absolute Gasteiger partial charge is 0.474 e. The van der Waals surface area contributed by atoms with E-state index in [0.717, 1.165) is 12.4 Å². The molecule has 1 aromatic heterocycles. The Morgan fingerprint density at radius 1 is 1.50 bits per heavy atom. The third-order valence-corrected chi connectivity index (χ3v) is 4.66. The number of rotatable bonds is 7. The van der Waals surface area contributed by atoms with Crippen LogP contribution in [-0.4, -0.2) is 45.8 Å². The van der Waals surface area contributed by atoms with E-state index >= 15 is 0 Å². The van der Waals surface area contributed by atoms with Crippen molar-refractivity contribution in [2.75, 3.05) is 31.3 Å². The average molecular weight is 269 g/mol. The SMILES string of the molecule is CSC1(CNc2cncc(OCCO)n2)CCC1. The molecular formula is C12H19N3O2S. The van der Waals surface area contributed by atoms with Crippen molar-refractivity contribution in [1.29, 1.82) is 0 Å². The van der Waals surface area contributed by atoms with Crippen molar-refractivity contribution in [3.63, 3.8) is 0 Å². The van der Waals surface area contributed by atoms with Gasteiger partial charge in [-0.05, 0) is 19.1 Å². The summed E-state index contributed by atoms with van der Waals surface area (Å²) in [5, 5.41) is 12.0. The van der Waals surface area contributed by atoms with Gasteiger partial charge in [-0.2, -0.15) is 16.7 Å². The number of hydrogen-bond donors (Lipinski definition) is 2. The number of nitrogens with one attached hydrogen (secondary N) is 1. The molecule has 6 heteroatoms. The van der Waals surface area contributed by atoms with Crippen molar-refractivity contribution < 1.29 is 9.84 Å². The van der Waals surface area contributed by atoms with E-state index in [4.69, 9.17) is 9.84 Å². The van der Waals surface area contributed by atoms with Gasteiger partial charge < -0.3 is 15.2 Å². The number of nitrogens with zero attached hydrogens (tertiary/aromatic N) is 2. The maximum atomic E-state index is 8.69. The lowest BCUT2D eigenvalue weighted by Crippen LogP contribution is -2.40. The first-order valence-electron chi connectivity index (χ1n) is 6.13. The van der Waals surface area contributed by atoms with E-state index in [2.05, 4.69) is 21.5 Å². The van der Waals surface area contributed by atoms with Crippen molar-refractivity contribution in [3.8, 4) is 5.88 Å². The molecule has 0 radical (unpaired) electrons. The highest BCUT2D eigenvalue weighted by Crippen LogP contribution is 2.42. The van der Waals surface area contributed by atoms with Gasteiger partial charge in [0.25, 0.3) is 0 Å². The predicted octanol–water partition coefficient (Wildman–Crippen LogP) is 1.55. The third kappa shape index (κ3) is 3.26. The number of aromatic nitrogens is 2. The van der Waals surface area contributed by atoms with Gasteiger partial charge in [-0.15, -0.1) is 0 Å². The zero-order valence-corrected chi connectivity index (χ0v) is 11.4. The number of aliphatic hydroxyl groups is 1. The van der Waals surface area contributed by atoms with Crippen molar-refractivity contribution in [2.24, 2.45) is 0 Å². The summed E-state index contributed by atoms with van der Waals surface area (Å²) in [6.07, 6.45) is 9.23.